The van der Waals surface area contributed by atoms with Gasteiger partial charge in [-0.3, -0.25) is 0 Å². The van der Waals surface area contributed by atoms with Crippen molar-refractivity contribution in [1.29, 1.82) is 0 Å². The molecule has 16 heavy (non-hydrogen) atoms. The molecule has 1 nitrogen and oxygen atoms in total. The Labute approximate surface area is 108 Å². The van der Waals surface area contributed by atoms with Gasteiger partial charge >= 0.3 is 0 Å². The predicted molar refractivity (Wildman–Crippen MR) is 77.7 cm³/mol. The van der Waals surface area contributed by atoms with Gasteiger partial charge in [0.2, 0.25) is 0 Å². The fourth-order valence-corrected chi connectivity index (χ4v) is 3.01. The van der Waals surface area contributed by atoms with E-state index in [9.17, 15) is 0 Å². The summed E-state index contributed by atoms with van der Waals surface area (Å²) in [6, 6.07) is 2.79. The summed E-state index contributed by atoms with van der Waals surface area (Å²) >= 11 is 3.80. The van der Waals surface area contributed by atoms with Gasteiger partial charge in [0.15, 0.2) is 0 Å². The topological polar surface area (TPSA) is 12.0 Å². The molecule has 0 spiro atoms. The lowest BCUT2D eigenvalue weighted by Gasteiger charge is -2.19. The third-order valence-corrected chi connectivity index (χ3v) is 4.26. The summed E-state index contributed by atoms with van der Waals surface area (Å²) in [5.74, 6) is 1.19. The highest BCUT2D eigenvalue weighted by molar-refractivity contribution is 8.00. The Hall–Kier alpha value is 0.01000. The third kappa shape index (κ3) is 6.56. The standard InChI is InChI=1S/C13H23NS2/c1-11(9-12-5-7-15-10-12)14-6-8-16-13(2,3)4/h5,7,10-11,14H,6,8-9H2,1-4H3. The molecule has 1 atom stereocenters. The highest BCUT2D eigenvalue weighted by Crippen LogP contribution is 2.22. The third-order valence-electron chi connectivity index (χ3n) is 2.25. The first-order valence-corrected chi connectivity index (χ1v) is 7.78. The van der Waals surface area contributed by atoms with Gasteiger partial charge in [0.1, 0.15) is 0 Å². The molecule has 0 aromatic carbocycles. The molecule has 0 fully saturated rings. The van der Waals surface area contributed by atoms with Crippen molar-refractivity contribution in [2.45, 2.75) is 44.9 Å². The molecule has 1 unspecified atom stereocenters. The van der Waals surface area contributed by atoms with Crippen LogP contribution in [-0.2, 0) is 6.42 Å². The van der Waals surface area contributed by atoms with Crippen LogP contribution in [0, 0.1) is 0 Å². The van der Waals surface area contributed by atoms with Crippen LogP contribution in [0.4, 0.5) is 0 Å². The molecule has 1 N–H and O–H groups in total. The second-order valence-electron chi connectivity index (χ2n) is 5.15. The summed E-state index contributed by atoms with van der Waals surface area (Å²) in [4.78, 5) is 0. The van der Waals surface area contributed by atoms with Crippen LogP contribution in [0.15, 0.2) is 16.8 Å². The Bertz CT molecular complexity index is 275. The molecule has 0 saturated carbocycles. The molecule has 0 amide bonds. The van der Waals surface area contributed by atoms with Crippen LogP contribution in [0.3, 0.4) is 0 Å². The molecular formula is C13H23NS2. The van der Waals surface area contributed by atoms with E-state index >= 15 is 0 Å². The molecule has 1 aromatic rings. The Kier molecular flexibility index (Phi) is 5.87. The molecular weight excluding hydrogens is 234 g/mol. The molecule has 0 saturated heterocycles. The molecule has 1 aromatic heterocycles. The quantitative estimate of drug-likeness (QED) is 0.778. The minimum absolute atomic E-state index is 0.387. The predicted octanol–water partition coefficient (Wildman–Crippen LogP) is 3.80. The summed E-state index contributed by atoms with van der Waals surface area (Å²) in [6.45, 7) is 10.2. The molecule has 0 radical (unpaired) electrons. The Balaban J connectivity index is 2.09. The van der Waals surface area contributed by atoms with Crippen LogP contribution in [0.1, 0.15) is 33.3 Å². The van der Waals surface area contributed by atoms with Crippen molar-refractivity contribution in [2.75, 3.05) is 12.3 Å². The molecule has 0 aliphatic rings. The number of thiophene rings is 1. The van der Waals surface area contributed by atoms with Crippen LogP contribution in [-0.4, -0.2) is 23.1 Å². The van der Waals surface area contributed by atoms with E-state index in [2.05, 4.69) is 49.8 Å². The molecule has 1 heterocycles. The van der Waals surface area contributed by atoms with Gasteiger partial charge in [0.05, 0.1) is 0 Å². The fraction of sp³-hybridized carbons (Fsp3) is 0.692. The average Bonchev–Trinajstić information content (AvgIpc) is 2.63. The highest BCUT2D eigenvalue weighted by atomic mass is 32.2. The second kappa shape index (κ2) is 6.67. The maximum absolute atomic E-state index is 3.58. The van der Waals surface area contributed by atoms with E-state index in [0.717, 1.165) is 13.0 Å². The second-order valence-corrected chi connectivity index (χ2v) is 7.85. The van der Waals surface area contributed by atoms with E-state index in [0.29, 0.717) is 10.8 Å². The van der Waals surface area contributed by atoms with E-state index in [1.807, 2.05) is 11.8 Å². The van der Waals surface area contributed by atoms with E-state index < -0.39 is 0 Å². The van der Waals surface area contributed by atoms with Crippen molar-refractivity contribution in [3.8, 4) is 0 Å². The molecule has 0 bridgehead atoms. The molecule has 3 heteroatoms. The zero-order valence-corrected chi connectivity index (χ0v) is 12.4. The Morgan fingerprint density at radius 1 is 1.44 bits per heavy atom. The lowest BCUT2D eigenvalue weighted by molar-refractivity contribution is 0.568. The van der Waals surface area contributed by atoms with Crippen LogP contribution in [0.5, 0.6) is 0 Å². The van der Waals surface area contributed by atoms with Gasteiger partial charge in [-0.05, 0) is 35.7 Å². The van der Waals surface area contributed by atoms with Gasteiger partial charge in [-0.25, -0.2) is 0 Å². The van der Waals surface area contributed by atoms with Crippen molar-refractivity contribution < 1.29 is 0 Å². The van der Waals surface area contributed by atoms with Crippen LogP contribution >= 0.6 is 23.1 Å². The smallest absolute Gasteiger partial charge is 0.00797 e. The molecule has 92 valence electrons. The van der Waals surface area contributed by atoms with E-state index in [1.54, 1.807) is 11.3 Å². The lowest BCUT2D eigenvalue weighted by atomic mass is 10.1. The van der Waals surface area contributed by atoms with Gasteiger partial charge in [-0.2, -0.15) is 23.1 Å². The summed E-state index contributed by atoms with van der Waals surface area (Å²) in [5.41, 5.74) is 1.45. The zero-order valence-electron chi connectivity index (χ0n) is 10.7. The molecule has 0 aliphatic carbocycles. The average molecular weight is 257 g/mol. The lowest BCUT2D eigenvalue weighted by Crippen LogP contribution is -2.30. The Morgan fingerprint density at radius 2 is 2.19 bits per heavy atom. The maximum atomic E-state index is 3.58. The number of hydrogen-bond acceptors (Lipinski definition) is 3. The maximum Gasteiger partial charge on any atom is 0.00797 e. The minimum Gasteiger partial charge on any atom is -0.313 e. The summed E-state index contributed by atoms with van der Waals surface area (Å²) in [6.07, 6.45) is 1.14. The summed E-state index contributed by atoms with van der Waals surface area (Å²) < 4.78 is 0.387. The molecule has 0 aliphatic heterocycles. The van der Waals surface area contributed by atoms with Crippen LogP contribution in [0.2, 0.25) is 0 Å². The molecule has 1 rings (SSSR count). The van der Waals surface area contributed by atoms with Crippen molar-refractivity contribution >= 4 is 23.1 Å². The normalized spacial score (nSPS) is 14.0. The van der Waals surface area contributed by atoms with Crippen molar-refractivity contribution in [3.63, 3.8) is 0 Å². The monoisotopic (exact) mass is 257 g/mol. The zero-order chi connectivity index (χ0) is 12.0. The van der Waals surface area contributed by atoms with Gasteiger partial charge in [-0.1, -0.05) is 20.8 Å². The van der Waals surface area contributed by atoms with Crippen molar-refractivity contribution in [2.24, 2.45) is 0 Å². The van der Waals surface area contributed by atoms with Crippen LogP contribution in [0.25, 0.3) is 0 Å². The van der Waals surface area contributed by atoms with E-state index in [4.69, 9.17) is 0 Å². The first-order valence-electron chi connectivity index (χ1n) is 5.86. The largest absolute Gasteiger partial charge is 0.313 e. The fourth-order valence-electron chi connectivity index (χ4n) is 1.50. The number of hydrogen-bond donors (Lipinski definition) is 1. The van der Waals surface area contributed by atoms with E-state index in [1.165, 1.54) is 11.3 Å². The highest BCUT2D eigenvalue weighted by Gasteiger charge is 2.10. The summed E-state index contributed by atoms with van der Waals surface area (Å²) in [5, 5.41) is 7.97. The van der Waals surface area contributed by atoms with Crippen molar-refractivity contribution in [1.82, 2.24) is 5.32 Å². The number of thioether (sulfide) groups is 1. The van der Waals surface area contributed by atoms with E-state index in [-0.39, 0.29) is 0 Å². The van der Waals surface area contributed by atoms with Crippen LogP contribution < -0.4 is 5.32 Å². The van der Waals surface area contributed by atoms with Crippen molar-refractivity contribution in [3.05, 3.63) is 22.4 Å². The summed E-state index contributed by atoms with van der Waals surface area (Å²) in [7, 11) is 0. The Morgan fingerprint density at radius 3 is 2.75 bits per heavy atom. The van der Waals surface area contributed by atoms with Gasteiger partial charge in [0.25, 0.3) is 0 Å². The number of nitrogens with one attached hydrogen (secondary N) is 1. The minimum atomic E-state index is 0.387. The van der Waals surface area contributed by atoms with Gasteiger partial charge < -0.3 is 5.32 Å². The van der Waals surface area contributed by atoms with Gasteiger partial charge in [0, 0.05) is 23.1 Å². The SMILES string of the molecule is CC(Cc1ccsc1)NCCSC(C)(C)C. The first-order chi connectivity index (χ1) is 7.47. The van der Waals surface area contributed by atoms with Gasteiger partial charge in [-0.15, -0.1) is 0 Å². The number of rotatable bonds is 6. The first kappa shape index (κ1) is 14.1.